The van der Waals surface area contributed by atoms with E-state index in [4.69, 9.17) is 33.2 Å². The minimum Gasteiger partial charge on any atom is -0.497 e. The molecule has 0 bridgehead atoms. The molecule has 0 saturated carbocycles. The van der Waals surface area contributed by atoms with E-state index in [-0.39, 0.29) is 29.6 Å². The summed E-state index contributed by atoms with van der Waals surface area (Å²) in [5, 5.41) is 2.90. The van der Waals surface area contributed by atoms with Gasteiger partial charge in [-0.05, 0) is 82.8 Å². The van der Waals surface area contributed by atoms with Gasteiger partial charge in [0.1, 0.15) is 11.5 Å². The van der Waals surface area contributed by atoms with Crippen LogP contribution < -0.4 is 24.3 Å². The molecule has 0 fully saturated rings. The summed E-state index contributed by atoms with van der Waals surface area (Å²) < 4.78 is 42.5. The zero-order valence-electron chi connectivity index (χ0n) is 22.4. The summed E-state index contributed by atoms with van der Waals surface area (Å²) in [6, 6.07) is 12.7. The Labute approximate surface area is 231 Å². The first-order chi connectivity index (χ1) is 19.1. The Morgan fingerprint density at radius 2 is 1.75 bits per heavy atom. The predicted octanol–water partition coefficient (Wildman–Crippen LogP) is 4.79. The van der Waals surface area contributed by atoms with Gasteiger partial charge in [0.15, 0.2) is 11.5 Å². The van der Waals surface area contributed by atoms with Gasteiger partial charge in [0.05, 0.1) is 40.6 Å². The number of allylic oxidation sites excluding steroid dienone is 2. The molecule has 0 radical (unpaired) electrons. The zero-order chi connectivity index (χ0) is 28.9. The van der Waals surface area contributed by atoms with Gasteiger partial charge < -0.3 is 38.5 Å². The second-order valence-corrected chi connectivity index (χ2v) is 9.98. The highest BCUT2D eigenvalue weighted by atomic mass is 31.2. The number of phosphoric ester groups is 1. The van der Waals surface area contributed by atoms with Gasteiger partial charge in [-0.1, -0.05) is 6.07 Å². The maximum Gasteiger partial charge on any atom is 0.472 e. The molecule has 0 atom stereocenters. The monoisotopic (exact) mass is 571 g/mol. The lowest BCUT2D eigenvalue weighted by molar-refractivity contribution is -0.120. The molecule has 11 nitrogen and oxygen atoms in total. The predicted molar refractivity (Wildman–Crippen MR) is 147 cm³/mol. The van der Waals surface area contributed by atoms with Gasteiger partial charge in [-0.2, -0.15) is 0 Å². The van der Waals surface area contributed by atoms with Crippen LogP contribution in [-0.4, -0.2) is 43.8 Å². The molecule has 4 rings (SSSR count). The Balaban J connectivity index is 1.68. The summed E-state index contributed by atoms with van der Waals surface area (Å²) in [5.41, 5.74) is 5.21. The number of benzene rings is 2. The Bertz CT molecular complexity index is 1460. The van der Waals surface area contributed by atoms with Crippen LogP contribution in [0, 0.1) is 0 Å². The van der Waals surface area contributed by atoms with E-state index in [1.807, 2.05) is 31.2 Å². The molecule has 12 heteroatoms. The molecule has 1 aromatic heterocycles. The van der Waals surface area contributed by atoms with Crippen LogP contribution in [-0.2, 0) is 20.4 Å². The van der Waals surface area contributed by atoms with E-state index in [2.05, 4.69) is 9.84 Å². The number of carbonyl (C=O) groups is 1. The topological polar surface area (TPSA) is 146 Å². The largest absolute Gasteiger partial charge is 0.497 e. The third-order valence-corrected chi connectivity index (χ3v) is 6.74. The molecule has 0 saturated heterocycles. The first-order valence-electron chi connectivity index (χ1n) is 12.1. The number of fused-ring (bicyclic) bond motifs is 1. The molecule has 0 unspecified atom stereocenters. The van der Waals surface area contributed by atoms with Crippen molar-refractivity contribution in [1.82, 2.24) is 5.32 Å². The first kappa shape index (κ1) is 29.0. The molecular formula is C28H30NO10P. The third kappa shape index (κ3) is 6.75. The Morgan fingerprint density at radius 1 is 1.02 bits per heavy atom. The Kier molecular flexibility index (Phi) is 9.01. The number of amides is 1. The van der Waals surface area contributed by atoms with E-state index in [0.717, 1.165) is 27.8 Å². The van der Waals surface area contributed by atoms with Crippen LogP contribution in [0.25, 0.3) is 17.2 Å². The summed E-state index contributed by atoms with van der Waals surface area (Å²) in [6.07, 6.45) is 3.65. The van der Waals surface area contributed by atoms with Crippen LogP contribution >= 0.6 is 7.82 Å². The van der Waals surface area contributed by atoms with Crippen LogP contribution in [0.5, 0.6) is 23.0 Å². The molecule has 212 valence electrons. The lowest BCUT2D eigenvalue weighted by Gasteiger charge is -2.16. The smallest absolute Gasteiger partial charge is 0.472 e. The number of phosphoric acid groups is 1. The van der Waals surface area contributed by atoms with Gasteiger partial charge in [0, 0.05) is 0 Å². The van der Waals surface area contributed by atoms with E-state index < -0.39 is 14.6 Å². The molecule has 1 amide bonds. The second-order valence-electron chi connectivity index (χ2n) is 8.74. The van der Waals surface area contributed by atoms with Crippen molar-refractivity contribution in [1.29, 1.82) is 0 Å². The number of nitrogens with one attached hydrogen (secondary N) is 1. The van der Waals surface area contributed by atoms with Crippen LogP contribution in [0.3, 0.4) is 0 Å². The maximum absolute atomic E-state index is 12.9. The van der Waals surface area contributed by atoms with Crippen molar-refractivity contribution in [3.05, 3.63) is 76.8 Å². The van der Waals surface area contributed by atoms with Gasteiger partial charge in [0.2, 0.25) is 18.4 Å². The third-order valence-electron chi connectivity index (χ3n) is 6.29. The lowest BCUT2D eigenvalue weighted by atomic mass is 10.00. The average Bonchev–Trinajstić information content (AvgIpc) is 3.54. The van der Waals surface area contributed by atoms with E-state index in [1.165, 1.54) is 14.2 Å². The fourth-order valence-corrected chi connectivity index (χ4v) is 4.57. The quantitative estimate of drug-likeness (QED) is 0.205. The summed E-state index contributed by atoms with van der Waals surface area (Å²) in [4.78, 5) is 30.8. The van der Waals surface area contributed by atoms with Gasteiger partial charge in [-0.25, -0.2) is 9.09 Å². The standard InChI is InChI=1S/C28H30NO10P/c1-17-22(10-18-11-25(35-3)28(26(12-18)36-4)38-16-39-40(31,32)33)21-8-7-19(34-2)13-24(21)23(17)14-27(30)29-15-20-6-5-9-37-20/h5-13H,14-16H2,1-4H3,(H,29,30)(H2,31,32,33). The van der Waals surface area contributed by atoms with Crippen LogP contribution in [0.1, 0.15) is 35.8 Å². The lowest BCUT2D eigenvalue weighted by Crippen LogP contribution is -2.22. The minimum absolute atomic E-state index is 0.123. The Hall–Kier alpha value is -4.02. The van der Waals surface area contributed by atoms with Crippen molar-refractivity contribution in [2.75, 3.05) is 28.1 Å². The number of furan rings is 1. The highest BCUT2D eigenvalue weighted by Gasteiger charge is 2.26. The van der Waals surface area contributed by atoms with E-state index in [9.17, 15) is 9.36 Å². The highest BCUT2D eigenvalue weighted by molar-refractivity contribution is 7.46. The van der Waals surface area contributed by atoms with Crippen LogP contribution in [0.15, 0.2) is 58.7 Å². The number of rotatable bonds is 12. The SMILES string of the molecule is COc1ccc2c(c1)C(CC(=O)NCc1ccco1)=C(C)C2=Cc1cc(OC)c(OCOP(=O)(O)O)c(OC)c1. The highest BCUT2D eigenvalue weighted by Crippen LogP contribution is 2.46. The molecule has 3 N–H and O–H groups in total. The molecule has 0 aliphatic heterocycles. The van der Waals surface area contributed by atoms with Gasteiger partial charge >= 0.3 is 7.82 Å². The van der Waals surface area contributed by atoms with Crippen LogP contribution in [0.2, 0.25) is 0 Å². The van der Waals surface area contributed by atoms with Crippen molar-refractivity contribution in [2.45, 2.75) is 19.9 Å². The van der Waals surface area contributed by atoms with Crippen LogP contribution in [0.4, 0.5) is 0 Å². The summed E-state index contributed by atoms with van der Waals surface area (Å²) in [5.74, 6) is 1.85. The van der Waals surface area contributed by atoms with Gasteiger partial charge in [-0.15, -0.1) is 0 Å². The van der Waals surface area contributed by atoms with E-state index in [0.29, 0.717) is 23.6 Å². The summed E-state index contributed by atoms with van der Waals surface area (Å²) >= 11 is 0. The van der Waals surface area contributed by atoms with Gasteiger partial charge in [0.25, 0.3) is 0 Å². The fourth-order valence-electron chi connectivity index (χ4n) is 4.38. The molecule has 1 heterocycles. The average molecular weight is 572 g/mol. The number of hydrogen-bond donors (Lipinski definition) is 3. The molecule has 1 aliphatic rings. The number of carbonyl (C=O) groups excluding carboxylic acids is 1. The van der Waals surface area contributed by atoms with Crippen molar-refractivity contribution in [3.8, 4) is 23.0 Å². The first-order valence-corrected chi connectivity index (χ1v) is 13.6. The van der Waals surface area contributed by atoms with Crippen molar-refractivity contribution < 1.29 is 47.0 Å². The normalized spacial score (nSPS) is 13.8. The molecule has 40 heavy (non-hydrogen) atoms. The minimum atomic E-state index is -4.72. The molecular weight excluding hydrogens is 541 g/mol. The summed E-state index contributed by atoms with van der Waals surface area (Å²) in [7, 11) is -0.261. The fraction of sp³-hybridized carbons (Fsp3) is 0.250. The number of methoxy groups -OCH3 is 3. The van der Waals surface area contributed by atoms with E-state index in [1.54, 1.807) is 37.6 Å². The Morgan fingerprint density at radius 3 is 2.35 bits per heavy atom. The molecule has 3 aromatic rings. The summed E-state index contributed by atoms with van der Waals surface area (Å²) in [6.45, 7) is 1.54. The van der Waals surface area contributed by atoms with Crippen molar-refractivity contribution in [2.24, 2.45) is 0 Å². The van der Waals surface area contributed by atoms with Crippen molar-refractivity contribution >= 4 is 31.0 Å². The number of hydrogen-bond acceptors (Lipinski definition) is 8. The van der Waals surface area contributed by atoms with Gasteiger partial charge in [-0.3, -0.25) is 4.79 Å². The molecule has 2 aromatic carbocycles. The molecule has 1 aliphatic carbocycles. The maximum atomic E-state index is 12.9. The zero-order valence-corrected chi connectivity index (χ0v) is 23.3. The molecule has 0 spiro atoms. The van der Waals surface area contributed by atoms with Crippen molar-refractivity contribution in [3.63, 3.8) is 0 Å². The van der Waals surface area contributed by atoms with E-state index >= 15 is 0 Å². The second kappa shape index (κ2) is 12.4. The number of ether oxygens (including phenoxy) is 4.